The van der Waals surface area contributed by atoms with Gasteiger partial charge >= 0.3 is 0 Å². The highest BCUT2D eigenvalue weighted by atomic mass is 32.1. The zero-order valence-electron chi connectivity index (χ0n) is 2.55. The molecule has 0 atom stereocenters. The standard InChI is InChI=1S/C3H3NS/c1-4-2-3-5/h2-3,5H. The quantitative estimate of drug-likeness (QED) is 0.334. The molecule has 0 heterocycles. The number of rotatable bonds is 0. The summed E-state index contributed by atoms with van der Waals surface area (Å²) in [5.41, 5.74) is 0. The molecule has 0 aromatic carbocycles. The molecule has 0 N–H and O–H groups in total. The molecule has 0 saturated carbocycles. The summed E-state index contributed by atoms with van der Waals surface area (Å²) in [6.07, 6.45) is 1.28. The summed E-state index contributed by atoms with van der Waals surface area (Å²) >= 11 is 3.61. The topological polar surface area (TPSA) is 4.36 Å². The van der Waals surface area contributed by atoms with E-state index >= 15 is 0 Å². The fourth-order valence-corrected chi connectivity index (χ4v) is 0.100. The van der Waals surface area contributed by atoms with Gasteiger partial charge in [-0.15, -0.1) is 0 Å². The van der Waals surface area contributed by atoms with Crippen LogP contribution in [0.2, 0.25) is 0 Å². The van der Waals surface area contributed by atoms with Crippen LogP contribution in [0.3, 0.4) is 0 Å². The average molecular weight is 85.1 g/mol. The average Bonchev–Trinajstić information content (AvgIpc) is 1.41. The van der Waals surface area contributed by atoms with E-state index in [1.807, 2.05) is 0 Å². The molecule has 5 heavy (non-hydrogen) atoms. The molecule has 0 aliphatic rings. The molecular weight excluding hydrogens is 82.1 g/mol. The molecule has 0 aromatic heterocycles. The largest absolute Gasteiger partial charge is 0.245 e. The van der Waals surface area contributed by atoms with Crippen LogP contribution in [0.5, 0.6) is 0 Å². The zero-order valence-corrected chi connectivity index (χ0v) is 3.44. The SMILES string of the molecule is [C-]#[N+]C=CS. The van der Waals surface area contributed by atoms with Crippen LogP contribution >= 0.6 is 12.6 Å². The van der Waals surface area contributed by atoms with Crippen molar-refractivity contribution in [2.45, 2.75) is 0 Å². The van der Waals surface area contributed by atoms with Crippen molar-refractivity contribution < 1.29 is 0 Å². The van der Waals surface area contributed by atoms with Crippen LogP contribution in [0.15, 0.2) is 11.6 Å². The van der Waals surface area contributed by atoms with Crippen LogP contribution < -0.4 is 0 Å². The second-order valence-corrected chi connectivity index (χ2v) is 0.725. The summed E-state index contributed by atoms with van der Waals surface area (Å²) in [5.74, 6) is 0. The summed E-state index contributed by atoms with van der Waals surface area (Å²) in [5, 5.41) is 1.40. The first-order chi connectivity index (χ1) is 2.41. The van der Waals surface area contributed by atoms with E-state index in [9.17, 15) is 0 Å². The first-order valence-corrected chi connectivity index (χ1v) is 1.59. The summed E-state index contributed by atoms with van der Waals surface area (Å²) in [7, 11) is 0. The van der Waals surface area contributed by atoms with Gasteiger partial charge in [-0.05, 0) is 5.41 Å². The predicted molar refractivity (Wildman–Crippen MR) is 24.7 cm³/mol. The van der Waals surface area contributed by atoms with Crippen molar-refractivity contribution >= 4 is 12.6 Å². The van der Waals surface area contributed by atoms with Crippen LogP contribution in [0.1, 0.15) is 0 Å². The Morgan fingerprint density at radius 2 is 2.40 bits per heavy atom. The molecule has 2 heteroatoms. The second-order valence-electron chi connectivity index (χ2n) is 0.427. The molecule has 0 spiro atoms. The van der Waals surface area contributed by atoms with Crippen LogP contribution in [-0.2, 0) is 0 Å². The van der Waals surface area contributed by atoms with Crippen molar-refractivity contribution in [2.75, 3.05) is 0 Å². The molecule has 0 bridgehead atoms. The van der Waals surface area contributed by atoms with Gasteiger partial charge in [0.2, 0.25) is 0 Å². The third-order valence-corrected chi connectivity index (χ3v) is 0.275. The van der Waals surface area contributed by atoms with Gasteiger partial charge in [0.1, 0.15) is 0 Å². The highest BCUT2D eigenvalue weighted by molar-refractivity contribution is 7.83. The molecule has 1 nitrogen and oxygen atoms in total. The molecule has 26 valence electrons. The lowest BCUT2D eigenvalue weighted by Gasteiger charge is -1.50. The maximum absolute atomic E-state index is 6.09. The Hall–Kier alpha value is -0.420. The van der Waals surface area contributed by atoms with Gasteiger partial charge < -0.3 is 0 Å². The van der Waals surface area contributed by atoms with E-state index in [1.54, 1.807) is 0 Å². The maximum Gasteiger partial charge on any atom is 0.160 e. The molecule has 0 aliphatic heterocycles. The van der Waals surface area contributed by atoms with Crippen molar-refractivity contribution in [1.29, 1.82) is 0 Å². The fraction of sp³-hybridized carbons (Fsp3) is 0. The Kier molecular flexibility index (Phi) is 3.28. The third-order valence-electron chi connectivity index (χ3n) is 0.141. The molecular formula is C3H3NS. The first kappa shape index (κ1) is 4.58. The van der Waals surface area contributed by atoms with E-state index in [1.165, 1.54) is 11.6 Å². The Labute approximate surface area is 36.5 Å². The van der Waals surface area contributed by atoms with Gasteiger partial charge in [0.15, 0.2) is 6.20 Å². The summed E-state index contributed by atoms with van der Waals surface area (Å²) in [4.78, 5) is 2.85. The van der Waals surface area contributed by atoms with E-state index < -0.39 is 0 Å². The summed E-state index contributed by atoms with van der Waals surface area (Å²) in [6.45, 7) is 6.09. The molecule has 0 radical (unpaired) electrons. The Morgan fingerprint density at radius 1 is 1.80 bits per heavy atom. The van der Waals surface area contributed by atoms with Gasteiger partial charge in [0.05, 0.1) is 6.57 Å². The van der Waals surface area contributed by atoms with E-state index in [2.05, 4.69) is 17.5 Å². The van der Waals surface area contributed by atoms with E-state index in [-0.39, 0.29) is 0 Å². The van der Waals surface area contributed by atoms with Gasteiger partial charge in [-0.2, -0.15) is 12.6 Å². The molecule has 0 rings (SSSR count). The van der Waals surface area contributed by atoms with Crippen LogP contribution in [0.4, 0.5) is 0 Å². The summed E-state index contributed by atoms with van der Waals surface area (Å²) in [6, 6.07) is 0. The van der Waals surface area contributed by atoms with E-state index in [0.717, 1.165) is 0 Å². The minimum Gasteiger partial charge on any atom is -0.245 e. The molecule has 0 saturated heterocycles. The lowest BCUT2D eigenvalue weighted by molar-refractivity contribution is 2.09. The minimum absolute atomic E-state index is 1.28. The Morgan fingerprint density at radius 3 is 2.40 bits per heavy atom. The van der Waals surface area contributed by atoms with E-state index in [4.69, 9.17) is 6.57 Å². The van der Waals surface area contributed by atoms with Gasteiger partial charge in [-0.25, -0.2) is 4.85 Å². The van der Waals surface area contributed by atoms with Crippen LogP contribution in [0, 0.1) is 6.57 Å². The molecule has 0 amide bonds. The predicted octanol–water partition coefficient (Wildman–Crippen LogP) is 1.31. The van der Waals surface area contributed by atoms with Crippen molar-refractivity contribution in [1.82, 2.24) is 0 Å². The minimum atomic E-state index is 1.28. The summed E-state index contributed by atoms with van der Waals surface area (Å²) < 4.78 is 0. The molecule has 0 aromatic rings. The third kappa shape index (κ3) is 3.58. The first-order valence-electron chi connectivity index (χ1n) is 1.07. The zero-order chi connectivity index (χ0) is 4.12. The lowest BCUT2D eigenvalue weighted by atomic mass is 11.1. The Bertz CT molecular complexity index is 69.5. The number of thiol groups is 1. The van der Waals surface area contributed by atoms with Gasteiger partial charge in [-0.3, -0.25) is 0 Å². The lowest BCUT2D eigenvalue weighted by Crippen LogP contribution is -1.23. The van der Waals surface area contributed by atoms with Gasteiger partial charge in [0, 0.05) is 0 Å². The molecule has 0 aliphatic carbocycles. The highest BCUT2D eigenvalue weighted by Gasteiger charge is 1.44. The van der Waals surface area contributed by atoms with Gasteiger partial charge in [0.25, 0.3) is 0 Å². The second kappa shape index (κ2) is 3.58. The normalized spacial score (nSPS) is 8.00. The monoisotopic (exact) mass is 85.0 g/mol. The molecule has 0 unspecified atom stereocenters. The van der Waals surface area contributed by atoms with Crippen molar-refractivity contribution in [3.8, 4) is 0 Å². The smallest absolute Gasteiger partial charge is 0.160 e. The van der Waals surface area contributed by atoms with Crippen molar-refractivity contribution in [3.63, 3.8) is 0 Å². The number of hydrogen-bond acceptors (Lipinski definition) is 1. The van der Waals surface area contributed by atoms with Gasteiger partial charge in [-0.1, -0.05) is 0 Å². The van der Waals surface area contributed by atoms with Crippen LogP contribution in [-0.4, -0.2) is 0 Å². The fourth-order valence-electron chi connectivity index (χ4n) is 0.0333. The Balaban J connectivity index is 3.04. The number of nitrogens with zero attached hydrogens (tertiary/aromatic N) is 1. The van der Waals surface area contributed by atoms with Crippen molar-refractivity contribution in [3.05, 3.63) is 23.0 Å². The number of hydrogen-bond donors (Lipinski definition) is 1. The van der Waals surface area contributed by atoms with Crippen LogP contribution in [0.25, 0.3) is 4.85 Å². The molecule has 0 fully saturated rings. The van der Waals surface area contributed by atoms with E-state index in [0.29, 0.717) is 0 Å². The highest BCUT2D eigenvalue weighted by Crippen LogP contribution is 1.73. The van der Waals surface area contributed by atoms with Crippen molar-refractivity contribution in [2.24, 2.45) is 0 Å². The maximum atomic E-state index is 6.09.